The average Bonchev–Trinajstić information content (AvgIpc) is 3.08. The highest BCUT2D eigenvalue weighted by atomic mass is 35.5. The maximum atomic E-state index is 13.0. The van der Waals surface area contributed by atoms with Crippen molar-refractivity contribution in [2.75, 3.05) is 19.6 Å². The molecule has 2 N–H and O–H groups in total. The molecule has 1 aromatic carbocycles. The normalized spacial score (nSPS) is 19.8. The number of likely N-dealkylation sites (tertiary alicyclic amines) is 1. The van der Waals surface area contributed by atoms with Gasteiger partial charge in [-0.1, -0.05) is 19.1 Å². The van der Waals surface area contributed by atoms with Gasteiger partial charge in [0.05, 0.1) is 5.56 Å². The van der Waals surface area contributed by atoms with Crippen LogP contribution in [0.4, 0.5) is 0 Å². The first-order chi connectivity index (χ1) is 11.3. The molecule has 0 saturated carbocycles. The molecule has 1 aliphatic heterocycles. The van der Waals surface area contributed by atoms with Gasteiger partial charge in [-0.25, -0.2) is 0 Å². The van der Waals surface area contributed by atoms with Crippen molar-refractivity contribution in [2.45, 2.75) is 34.1 Å². The van der Waals surface area contributed by atoms with Gasteiger partial charge >= 0.3 is 0 Å². The van der Waals surface area contributed by atoms with E-state index in [1.165, 1.54) is 5.56 Å². The van der Waals surface area contributed by atoms with Gasteiger partial charge in [-0.05, 0) is 62.9 Å². The standard InChI is InChI=1S/C20H27N3O.ClH/c1-14-6-5-7-17(10-14)23-15(2)11-18(16(23)3)19(24)22-9-8-20(4,12-21)13-22;/h5-7,10-11H,8-9,12-13,21H2,1-4H3;1H. The van der Waals surface area contributed by atoms with Crippen LogP contribution in [0.25, 0.3) is 5.69 Å². The van der Waals surface area contributed by atoms with E-state index in [0.29, 0.717) is 6.54 Å². The number of nitrogens with zero attached hydrogens (tertiary/aromatic N) is 2. The molecule has 1 fully saturated rings. The van der Waals surface area contributed by atoms with E-state index in [2.05, 4.69) is 49.6 Å². The number of halogens is 1. The molecule has 1 amide bonds. The zero-order chi connectivity index (χ0) is 17.5. The number of benzene rings is 1. The molecular formula is C20H28ClN3O. The monoisotopic (exact) mass is 361 g/mol. The number of nitrogens with two attached hydrogens (primary N) is 1. The smallest absolute Gasteiger partial charge is 0.255 e. The van der Waals surface area contributed by atoms with E-state index in [1.807, 2.05) is 17.9 Å². The minimum absolute atomic E-state index is 0. The summed E-state index contributed by atoms with van der Waals surface area (Å²) in [4.78, 5) is 15.0. The third-order valence-electron chi connectivity index (χ3n) is 5.26. The summed E-state index contributed by atoms with van der Waals surface area (Å²) in [6.07, 6.45) is 0.978. The van der Waals surface area contributed by atoms with E-state index in [9.17, 15) is 4.79 Å². The van der Waals surface area contributed by atoms with Crippen LogP contribution < -0.4 is 5.73 Å². The Morgan fingerprint density at radius 2 is 1.96 bits per heavy atom. The molecule has 4 nitrogen and oxygen atoms in total. The molecule has 1 atom stereocenters. The predicted molar refractivity (Wildman–Crippen MR) is 105 cm³/mol. The minimum Gasteiger partial charge on any atom is -0.338 e. The van der Waals surface area contributed by atoms with Crippen molar-refractivity contribution in [2.24, 2.45) is 11.1 Å². The van der Waals surface area contributed by atoms with Gasteiger partial charge in [-0.2, -0.15) is 0 Å². The van der Waals surface area contributed by atoms with Crippen LogP contribution in [0.3, 0.4) is 0 Å². The second kappa shape index (κ2) is 7.22. The Morgan fingerprint density at radius 3 is 2.56 bits per heavy atom. The number of hydrogen-bond acceptors (Lipinski definition) is 2. The fraction of sp³-hybridized carbons (Fsp3) is 0.450. The Balaban J connectivity index is 0.00000225. The van der Waals surface area contributed by atoms with Gasteiger partial charge in [0, 0.05) is 30.2 Å². The van der Waals surface area contributed by atoms with Crippen molar-refractivity contribution in [1.29, 1.82) is 0 Å². The molecule has 1 aromatic heterocycles. The highest BCUT2D eigenvalue weighted by Crippen LogP contribution is 2.31. The molecule has 5 heteroatoms. The number of rotatable bonds is 3. The van der Waals surface area contributed by atoms with Crippen LogP contribution in [0, 0.1) is 26.2 Å². The third kappa shape index (κ3) is 3.60. The number of hydrogen-bond donors (Lipinski definition) is 1. The maximum Gasteiger partial charge on any atom is 0.255 e. The molecule has 25 heavy (non-hydrogen) atoms. The third-order valence-corrected chi connectivity index (χ3v) is 5.26. The van der Waals surface area contributed by atoms with Crippen molar-refractivity contribution in [3.8, 4) is 5.69 Å². The number of amides is 1. The fourth-order valence-electron chi connectivity index (χ4n) is 3.68. The summed E-state index contributed by atoms with van der Waals surface area (Å²) in [5.74, 6) is 0.124. The summed E-state index contributed by atoms with van der Waals surface area (Å²) < 4.78 is 2.17. The molecule has 136 valence electrons. The van der Waals surface area contributed by atoms with Gasteiger partial charge in [-0.3, -0.25) is 4.79 Å². The summed E-state index contributed by atoms with van der Waals surface area (Å²) in [5.41, 5.74) is 11.1. The number of carbonyl (C=O) groups excluding carboxylic acids is 1. The van der Waals surface area contributed by atoms with Crippen LogP contribution in [-0.2, 0) is 0 Å². The van der Waals surface area contributed by atoms with E-state index in [-0.39, 0.29) is 23.7 Å². The van der Waals surface area contributed by atoms with Crippen LogP contribution in [0.2, 0.25) is 0 Å². The number of aromatic nitrogens is 1. The Labute approximate surface area is 156 Å². The molecule has 0 bridgehead atoms. The lowest BCUT2D eigenvalue weighted by atomic mass is 9.90. The van der Waals surface area contributed by atoms with Crippen molar-refractivity contribution >= 4 is 18.3 Å². The number of carbonyl (C=O) groups is 1. The van der Waals surface area contributed by atoms with Crippen LogP contribution in [0.15, 0.2) is 30.3 Å². The highest BCUT2D eigenvalue weighted by molar-refractivity contribution is 5.96. The minimum atomic E-state index is 0. The molecule has 0 aliphatic carbocycles. The van der Waals surface area contributed by atoms with Crippen molar-refractivity contribution < 1.29 is 4.79 Å². The Hall–Kier alpha value is -1.78. The van der Waals surface area contributed by atoms with Gasteiger partial charge in [-0.15, -0.1) is 12.4 Å². The first-order valence-electron chi connectivity index (χ1n) is 8.60. The lowest BCUT2D eigenvalue weighted by molar-refractivity contribution is 0.0776. The van der Waals surface area contributed by atoms with Gasteiger partial charge in [0.25, 0.3) is 5.91 Å². The van der Waals surface area contributed by atoms with E-state index in [0.717, 1.165) is 42.1 Å². The van der Waals surface area contributed by atoms with Crippen molar-refractivity contribution in [3.63, 3.8) is 0 Å². The second-order valence-electron chi connectivity index (χ2n) is 7.45. The Bertz CT molecular complexity index is 783. The first kappa shape index (κ1) is 19.5. The van der Waals surface area contributed by atoms with Crippen LogP contribution in [-0.4, -0.2) is 35.0 Å². The SMILES string of the molecule is Cc1cccc(-n2c(C)cc(C(=O)N3CCC(C)(CN)C3)c2C)c1.Cl. The quantitative estimate of drug-likeness (QED) is 0.907. The molecule has 0 radical (unpaired) electrons. The Morgan fingerprint density at radius 1 is 1.24 bits per heavy atom. The summed E-state index contributed by atoms with van der Waals surface area (Å²) in [6, 6.07) is 10.4. The molecule has 0 spiro atoms. The van der Waals surface area contributed by atoms with E-state index < -0.39 is 0 Å². The predicted octanol–water partition coefficient (Wildman–Crippen LogP) is 3.64. The molecule has 1 saturated heterocycles. The molecule has 3 rings (SSSR count). The molecule has 1 aliphatic rings. The summed E-state index contributed by atoms with van der Waals surface area (Å²) >= 11 is 0. The Kier molecular flexibility index (Phi) is 5.65. The van der Waals surface area contributed by atoms with E-state index in [1.54, 1.807) is 0 Å². The van der Waals surface area contributed by atoms with Crippen LogP contribution in [0.5, 0.6) is 0 Å². The van der Waals surface area contributed by atoms with Gasteiger partial charge in [0.1, 0.15) is 0 Å². The average molecular weight is 362 g/mol. The van der Waals surface area contributed by atoms with Gasteiger partial charge in [0.15, 0.2) is 0 Å². The zero-order valence-corrected chi connectivity index (χ0v) is 16.3. The number of aryl methyl sites for hydroxylation is 2. The van der Waals surface area contributed by atoms with Crippen LogP contribution >= 0.6 is 12.4 Å². The van der Waals surface area contributed by atoms with Gasteiger partial charge in [0.2, 0.25) is 0 Å². The fourth-order valence-corrected chi connectivity index (χ4v) is 3.68. The van der Waals surface area contributed by atoms with Crippen molar-refractivity contribution in [1.82, 2.24) is 9.47 Å². The molecular weight excluding hydrogens is 334 g/mol. The molecule has 1 unspecified atom stereocenters. The lowest BCUT2D eigenvalue weighted by Crippen LogP contribution is -2.34. The highest BCUT2D eigenvalue weighted by Gasteiger charge is 2.36. The molecule has 2 aromatic rings. The van der Waals surface area contributed by atoms with Gasteiger partial charge < -0.3 is 15.2 Å². The second-order valence-corrected chi connectivity index (χ2v) is 7.45. The zero-order valence-electron chi connectivity index (χ0n) is 15.5. The summed E-state index contributed by atoms with van der Waals surface area (Å²) in [5, 5.41) is 0. The molecule has 2 heterocycles. The summed E-state index contributed by atoms with van der Waals surface area (Å²) in [7, 11) is 0. The summed E-state index contributed by atoms with van der Waals surface area (Å²) in [6.45, 7) is 10.5. The van der Waals surface area contributed by atoms with E-state index in [4.69, 9.17) is 5.73 Å². The largest absolute Gasteiger partial charge is 0.338 e. The topological polar surface area (TPSA) is 51.3 Å². The lowest BCUT2D eigenvalue weighted by Gasteiger charge is -2.22. The van der Waals surface area contributed by atoms with Crippen LogP contribution in [0.1, 0.15) is 40.7 Å². The first-order valence-corrected chi connectivity index (χ1v) is 8.60. The maximum absolute atomic E-state index is 13.0. The van der Waals surface area contributed by atoms with Crippen molar-refractivity contribution in [3.05, 3.63) is 52.8 Å². The van der Waals surface area contributed by atoms with E-state index >= 15 is 0 Å².